The highest BCUT2D eigenvalue weighted by Crippen LogP contribution is 2.25. The second-order valence-corrected chi connectivity index (χ2v) is 4.84. The third-order valence-electron chi connectivity index (χ3n) is 2.65. The van der Waals surface area contributed by atoms with Gasteiger partial charge in [0.05, 0.1) is 12.2 Å². The van der Waals surface area contributed by atoms with Gasteiger partial charge in [0.1, 0.15) is 5.03 Å². The molecule has 0 atom stereocenters. The Labute approximate surface area is 115 Å². The molecule has 0 aliphatic carbocycles. The molecule has 0 radical (unpaired) electrons. The first-order valence-corrected chi connectivity index (χ1v) is 6.69. The van der Waals surface area contributed by atoms with E-state index in [0.29, 0.717) is 10.8 Å². The number of carboxylic acids is 1. The molecule has 2 N–H and O–H groups in total. The molecule has 5 heteroatoms. The van der Waals surface area contributed by atoms with Crippen LogP contribution in [0.4, 0.5) is 0 Å². The van der Waals surface area contributed by atoms with Crippen molar-refractivity contribution in [1.82, 2.24) is 4.98 Å². The van der Waals surface area contributed by atoms with Crippen LogP contribution in [0.1, 0.15) is 21.5 Å². The van der Waals surface area contributed by atoms with Crippen molar-refractivity contribution in [3.63, 3.8) is 0 Å². The summed E-state index contributed by atoms with van der Waals surface area (Å²) in [6, 6.07) is 10.7. The number of aromatic nitrogens is 1. The van der Waals surface area contributed by atoms with E-state index in [-0.39, 0.29) is 12.2 Å². The van der Waals surface area contributed by atoms with Gasteiger partial charge in [0, 0.05) is 11.9 Å². The van der Waals surface area contributed by atoms with Gasteiger partial charge in [0.2, 0.25) is 0 Å². The minimum absolute atomic E-state index is 0.0231. The van der Waals surface area contributed by atoms with Crippen molar-refractivity contribution in [3.8, 4) is 0 Å². The lowest BCUT2D eigenvalue weighted by Crippen LogP contribution is -2.00. The van der Waals surface area contributed by atoms with Crippen molar-refractivity contribution in [2.45, 2.75) is 17.4 Å². The molecule has 1 heterocycles. The van der Waals surface area contributed by atoms with Gasteiger partial charge in [-0.2, -0.15) is 0 Å². The number of carbonyl (C=O) groups is 1. The maximum atomic E-state index is 11.1. The highest BCUT2D eigenvalue weighted by molar-refractivity contribution is 7.98. The molecular weight excluding hydrogens is 262 g/mol. The third kappa shape index (κ3) is 3.33. The van der Waals surface area contributed by atoms with Crippen molar-refractivity contribution in [1.29, 1.82) is 0 Å². The van der Waals surface area contributed by atoms with Crippen LogP contribution in [0.3, 0.4) is 0 Å². The largest absolute Gasteiger partial charge is 0.478 e. The van der Waals surface area contributed by atoms with Gasteiger partial charge < -0.3 is 10.2 Å². The topological polar surface area (TPSA) is 70.4 Å². The quantitative estimate of drug-likeness (QED) is 0.821. The van der Waals surface area contributed by atoms with E-state index >= 15 is 0 Å². The van der Waals surface area contributed by atoms with E-state index in [9.17, 15) is 9.90 Å². The predicted octanol–water partition coefficient (Wildman–Crippen LogP) is 2.56. The van der Waals surface area contributed by atoms with Crippen molar-refractivity contribution < 1.29 is 15.0 Å². The fourth-order valence-corrected chi connectivity index (χ4v) is 2.69. The van der Waals surface area contributed by atoms with E-state index in [2.05, 4.69) is 4.98 Å². The molecule has 0 aliphatic rings. The number of aromatic carboxylic acids is 1. The molecule has 0 saturated heterocycles. The van der Waals surface area contributed by atoms with Gasteiger partial charge in [0.25, 0.3) is 0 Å². The molecule has 0 fully saturated rings. The fraction of sp³-hybridized carbons (Fsp3) is 0.143. The Bertz CT molecular complexity index is 586. The Kier molecular flexibility index (Phi) is 4.54. The number of pyridine rings is 1. The number of benzene rings is 1. The second kappa shape index (κ2) is 6.36. The fourth-order valence-electron chi connectivity index (χ4n) is 1.67. The summed E-state index contributed by atoms with van der Waals surface area (Å²) in [5.41, 5.74) is 2.04. The lowest BCUT2D eigenvalue weighted by molar-refractivity contribution is 0.0692. The summed E-state index contributed by atoms with van der Waals surface area (Å²) in [6.45, 7) is -0.0231. The van der Waals surface area contributed by atoms with Crippen molar-refractivity contribution in [3.05, 3.63) is 59.3 Å². The van der Waals surface area contributed by atoms with Crippen molar-refractivity contribution in [2.24, 2.45) is 0 Å². The van der Waals surface area contributed by atoms with Gasteiger partial charge in [0.15, 0.2) is 0 Å². The first kappa shape index (κ1) is 13.6. The van der Waals surface area contributed by atoms with Crippen LogP contribution in [0.25, 0.3) is 0 Å². The number of thioether (sulfide) groups is 1. The van der Waals surface area contributed by atoms with Gasteiger partial charge in [-0.1, -0.05) is 24.3 Å². The van der Waals surface area contributed by atoms with E-state index in [0.717, 1.165) is 11.1 Å². The maximum absolute atomic E-state index is 11.1. The van der Waals surface area contributed by atoms with Gasteiger partial charge in [-0.25, -0.2) is 9.78 Å². The number of hydrogen-bond donors (Lipinski definition) is 2. The zero-order valence-corrected chi connectivity index (χ0v) is 10.9. The summed E-state index contributed by atoms with van der Waals surface area (Å²) in [5.74, 6) is -0.403. The van der Waals surface area contributed by atoms with E-state index in [4.69, 9.17) is 5.11 Å². The monoisotopic (exact) mass is 275 g/mol. The SMILES string of the molecule is O=C(O)c1cccnc1SCc1ccccc1CO. The number of nitrogens with zero attached hydrogens (tertiary/aromatic N) is 1. The summed E-state index contributed by atoms with van der Waals surface area (Å²) in [7, 11) is 0. The van der Waals surface area contributed by atoms with Gasteiger partial charge >= 0.3 is 5.97 Å². The van der Waals surface area contributed by atoms with Crippen molar-refractivity contribution >= 4 is 17.7 Å². The number of hydrogen-bond acceptors (Lipinski definition) is 4. The highest BCUT2D eigenvalue weighted by atomic mass is 32.2. The zero-order chi connectivity index (χ0) is 13.7. The molecule has 0 bridgehead atoms. The zero-order valence-electron chi connectivity index (χ0n) is 10.1. The molecule has 4 nitrogen and oxygen atoms in total. The van der Waals surface area contributed by atoms with Crippen LogP contribution in [0.5, 0.6) is 0 Å². The van der Waals surface area contributed by atoms with E-state index in [1.165, 1.54) is 17.8 Å². The summed E-state index contributed by atoms with van der Waals surface area (Å²) < 4.78 is 0. The molecule has 0 unspecified atom stereocenters. The minimum atomic E-state index is -0.981. The van der Waals surface area contributed by atoms with Crippen LogP contribution >= 0.6 is 11.8 Å². The molecular formula is C14H13NO3S. The average molecular weight is 275 g/mol. The molecule has 0 aliphatic heterocycles. The summed E-state index contributed by atoms with van der Waals surface area (Å²) in [5, 5.41) is 18.8. The number of aliphatic hydroxyl groups is 1. The number of carboxylic acid groups (broad SMARTS) is 1. The van der Waals surface area contributed by atoms with E-state index < -0.39 is 5.97 Å². The Hall–Kier alpha value is -1.85. The Morgan fingerprint density at radius 3 is 2.58 bits per heavy atom. The van der Waals surface area contributed by atoms with Gasteiger partial charge in [-0.05, 0) is 23.3 Å². The smallest absolute Gasteiger partial charge is 0.338 e. The number of aliphatic hydroxyl groups excluding tert-OH is 1. The molecule has 98 valence electrons. The van der Waals surface area contributed by atoms with Crippen LogP contribution in [0.2, 0.25) is 0 Å². The van der Waals surface area contributed by atoms with Gasteiger partial charge in [-0.3, -0.25) is 0 Å². The summed E-state index contributed by atoms with van der Waals surface area (Å²) >= 11 is 1.35. The summed E-state index contributed by atoms with van der Waals surface area (Å²) in [4.78, 5) is 15.2. The third-order valence-corrected chi connectivity index (χ3v) is 3.71. The van der Waals surface area contributed by atoms with Crippen LogP contribution < -0.4 is 0 Å². The Morgan fingerprint density at radius 2 is 1.89 bits per heavy atom. The Balaban J connectivity index is 2.17. The molecule has 2 rings (SSSR count). The average Bonchev–Trinajstić information content (AvgIpc) is 2.45. The number of rotatable bonds is 5. The molecule has 1 aromatic carbocycles. The predicted molar refractivity (Wildman–Crippen MR) is 73.1 cm³/mol. The minimum Gasteiger partial charge on any atom is -0.478 e. The lowest BCUT2D eigenvalue weighted by Gasteiger charge is -2.07. The molecule has 2 aromatic rings. The van der Waals surface area contributed by atoms with Crippen LogP contribution in [0.15, 0.2) is 47.6 Å². The van der Waals surface area contributed by atoms with Crippen LogP contribution in [-0.2, 0) is 12.4 Å². The van der Waals surface area contributed by atoms with Gasteiger partial charge in [-0.15, -0.1) is 11.8 Å². The van der Waals surface area contributed by atoms with Crippen LogP contribution in [0, 0.1) is 0 Å². The molecule has 0 amide bonds. The highest BCUT2D eigenvalue weighted by Gasteiger charge is 2.11. The molecule has 0 spiro atoms. The second-order valence-electron chi connectivity index (χ2n) is 3.88. The lowest BCUT2D eigenvalue weighted by atomic mass is 10.1. The Morgan fingerprint density at radius 1 is 1.16 bits per heavy atom. The van der Waals surface area contributed by atoms with E-state index in [1.807, 2.05) is 24.3 Å². The maximum Gasteiger partial charge on any atom is 0.338 e. The molecule has 0 saturated carbocycles. The van der Waals surface area contributed by atoms with Crippen molar-refractivity contribution in [2.75, 3.05) is 0 Å². The molecule has 19 heavy (non-hydrogen) atoms. The summed E-state index contributed by atoms with van der Waals surface area (Å²) in [6.07, 6.45) is 1.58. The normalized spacial score (nSPS) is 10.4. The van der Waals surface area contributed by atoms with E-state index in [1.54, 1.807) is 12.3 Å². The molecule has 1 aromatic heterocycles. The standard InChI is InChI=1S/C14H13NO3S/c16-8-10-4-1-2-5-11(10)9-19-13-12(14(17)18)6-3-7-15-13/h1-7,16H,8-9H2,(H,17,18). The van der Waals surface area contributed by atoms with Crippen LogP contribution in [-0.4, -0.2) is 21.2 Å². The first-order chi connectivity index (χ1) is 9.22. The first-order valence-electron chi connectivity index (χ1n) is 5.71.